The third-order valence-electron chi connectivity index (χ3n) is 4.06. The van der Waals surface area contributed by atoms with E-state index >= 15 is 0 Å². The molecule has 2 aromatic heterocycles. The lowest BCUT2D eigenvalue weighted by Crippen LogP contribution is -2.34. The van der Waals surface area contributed by atoms with Crippen molar-refractivity contribution in [3.8, 4) is 0 Å². The number of hydrogen-bond donors (Lipinski definition) is 0. The molecular formula is C17H14IN2+. The molecule has 0 atom stereocenters. The minimum Gasteiger partial charge on any atom is -0.120 e. The van der Waals surface area contributed by atoms with E-state index in [1.165, 1.54) is 36.3 Å². The molecule has 3 heteroatoms. The smallest absolute Gasteiger partial charge is 0.120 e. The fourth-order valence-corrected chi connectivity index (χ4v) is 3.51. The summed E-state index contributed by atoms with van der Waals surface area (Å²) in [4.78, 5) is 0. The number of benzene rings is 2. The quantitative estimate of drug-likeness (QED) is 0.250. The maximum absolute atomic E-state index is 2.42. The first-order chi connectivity index (χ1) is 9.68. The van der Waals surface area contributed by atoms with Gasteiger partial charge in [0, 0.05) is 20.4 Å². The largest absolute Gasteiger partial charge is 0.196 e. The monoisotopic (exact) mass is 373 g/mol. The summed E-state index contributed by atoms with van der Waals surface area (Å²) in [7, 11) is 2.10. The van der Waals surface area contributed by atoms with Crippen molar-refractivity contribution in [1.29, 1.82) is 0 Å². The Labute approximate surface area is 130 Å². The Morgan fingerprint density at radius 2 is 1.70 bits per heavy atom. The summed E-state index contributed by atoms with van der Waals surface area (Å²) in [6, 6.07) is 15.3. The molecule has 0 saturated heterocycles. The Balaban J connectivity index is 2.48. The predicted octanol–water partition coefficient (Wildman–Crippen LogP) is 3.98. The summed E-state index contributed by atoms with van der Waals surface area (Å²) in [6.07, 6.45) is 2.13. The number of pyridine rings is 1. The molecule has 0 fully saturated rings. The van der Waals surface area contributed by atoms with Crippen molar-refractivity contribution in [2.45, 2.75) is 6.92 Å². The molecule has 0 aliphatic rings. The van der Waals surface area contributed by atoms with E-state index in [1.807, 2.05) is 0 Å². The zero-order valence-corrected chi connectivity index (χ0v) is 13.5. The topological polar surface area (TPSA) is 8.29 Å². The lowest BCUT2D eigenvalue weighted by Gasteiger charge is -2.10. The van der Waals surface area contributed by atoms with Crippen molar-refractivity contribution in [2.24, 2.45) is 7.05 Å². The maximum Gasteiger partial charge on any atom is 0.196 e. The van der Waals surface area contributed by atoms with Crippen LogP contribution in [0.4, 0.5) is 0 Å². The minimum atomic E-state index is 1.26. The second kappa shape index (κ2) is 4.19. The number of nitrogens with zero attached hydrogens (tertiary/aromatic N) is 2. The van der Waals surface area contributed by atoms with Gasteiger partial charge in [-0.05, 0) is 46.5 Å². The number of hydrogen-bond acceptors (Lipinski definition) is 0. The second-order valence-electron chi connectivity index (χ2n) is 5.20. The summed E-state index contributed by atoms with van der Waals surface area (Å²) in [5, 5.41) is 3.95. The van der Waals surface area contributed by atoms with Crippen molar-refractivity contribution in [3.05, 3.63) is 57.8 Å². The Morgan fingerprint density at radius 3 is 2.50 bits per heavy atom. The minimum absolute atomic E-state index is 1.26. The first kappa shape index (κ1) is 12.1. The number of aromatic nitrogens is 2. The van der Waals surface area contributed by atoms with Crippen LogP contribution in [-0.2, 0) is 7.05 Å². The molecule has 4 rings (SSSR count). The van der Waals surface area contributed by atoms with Gasteiger partial charge in [-0.1, -0.05) is 30.3 Å². The molecule has 0 amide bonds. The van der Waals surface area contributed by atoms with E-state index in [1.54, 1.807) is 0 Å². The van der Waals surface area contributed by atoms with Crippen molar-refractivity contribution in [1.82, 2.24) is 4.52 Å². The predicted molar refractivity (Wildman–Crippen MR) is 91.0 cm³/mol. The van der Waals surface area contributed by atoms with Crippen LogP contribution in [0.15, 0.2) is 48.7 Å². The average Bonchev–Trinajstić information content (AvgIpc) is 2.85. The van der Waals surface area contributed by atoms with Gasteiger partial charge in [-0.3, -0.25) is 0 Å². The SMILES string of the molecule is Cc1c(I)ccc2c3ccccc3c3cc[n+](C)n3c12. The van der Waals surface area contributed by atoms with Crippen LogP contribution in [0.25, 0.3) is 27.2 Å². The van der Waals surface area contributed by atoms with Gasteiger partial charge in [-0.2, -0.15) is 0 Å². The molecule has 4 aromatic rings. The van der Waals surface area contributed by atoms with Crippen LogP contribution in [0.2, 0.25) is 0 Å². The molecule has 0 unspecified atom stereocenters. The fourth-order valence-electron chi connectivity index (χ4n) is 3.07. The molecular weight excluding hydrogens is 359 g/mol. The third kappa shape index (κ3) is 1.47. The Bertz CT molecular complexity index is 983. The molecule has 98 valence electrons. The number of aryl methyl sites for hydroxylation is 2. The summed E-state index contributed by atoms with van der Waals surface area (Å²) in [6.45, 7) is 2.21. The molecule has 2 aromatic carbocycles. The Morgan fingerprint density at radius 1 is 0.950 bits per heavy atom. The molecule has 0 N–H and O–H groups in total. The number of rotatable bonds is 0. The standard InChI is InChI=1S/C17H14IN2/c1-11-15(18)8-7-14-12-5-3-4-6-13(12)16-9-10-19(2)20(16)17(11)14/h3-10H,1-2H3/q+1. The summed E-state index contributed by atoms with van der Waals surface area (Å²) in [5.41, 5.74) is 3.91. The van der Waals surface area contributed by atoms with Crippen LogP contribution >= 0.6 is 22.6 Å². The van der Waals surface area contributed by atoms with E-state index in [-0.39, 0.29) is 0 Å². The highest BCUT2D eigenvalue weighted by molar-refractivity contribution is 14.1. The van der Waals surface area contributed by atoms with E-state index in [4.69, 9.17) is 0 Å². The molecule has 2 heterocycles. The first-order valence-corrected chi connectivity index (χ1v) is 7.73. The van der Waals surface area contributed by atoms with E-state index in [9.17, 15) is 0 Å². The lowest BCUT2D eigenvalue weighted by molar-refractivity contribution is -0.735. The molecule has 0 bridgehead atoms. The lowest BCUT2D eigenvalue weighted by atomic mass is 10.0. The van der Waals surface area contributed by atoms with Gasteiger partial charge in [0.25, 0.3) is 0 Å². The third-order valence-corrected chi connectivity index (χ3v) is 5.23. The van der Waals surface area contributed by atoms with Crippen LogP contribution in [0.1, 0.15) is 5.56 Å². The van der Waals surface area contributed by atoms with E-state index in [0.717, 1.165) is 0 Å². The zero-order chi connectivity index (χ0) is 13.9. The van der Waals surface area contributed by atoms with Crippen molar-refractivity contribution < 1.29 is 4.68 Å². The number of fused-ring (bicyclic) bond motifs is 6. The van der Waals surface area contributed by atoms with E-state index < -0.39 is 0 Å². The van der Waals surface area contributed by atoms with Crippen molar-refractivity contribution >= 4 is 49.8 Å². The van der Waals surface area contributed by atoms with Gasteiger partial charge in [0.1, 0.15) is 11.0 Å². The molecule has 2 nitrogen and oxygen atoms in total. The van der Waals surface area contributed by atoms with Crippen LogP contribution in [0, 0.1) is 10.5 Å². The normalized spacial score (nSPS) is 11.8. The van der Waals surface area contributed by atoms with Gasteiger partial charge >= 0.3 is 0 Å². The van der Waals surface area contributed by atoms with Crippen LogP contribution < -0.4 is 4.68 Å². The summed E-state index contributed by atoms with van der Waals surface area (Å²) < 4.78 is 5.78. The summed E-state index contributed by atoms with van der Waals surface area (Å²) >= 11 is 2.42. The molecule has 0 aliphatic heterocycles. The average molecular weight is 373 g/mol. The van der Waals surface area contributed by atoms with Crippen molar-refractivity contribution in [3.63, 3.8) is 0 Å². The Kier molecular flexibility index (Phi) is 2.54. The highest BCUT2D eigenvalue weighted by atomic mass is 127. The highest BCUT2D eigenvalue weighted by Crippen LogP contribution is 2.31. The Hall–Kier alpha value is -1.62. The van der Waals surface area contributed by atoms with E-state index in [2.05, 4.69) is 94.4 Å². The summed E-state index contributed by atoms with van der Waals surface area (Å²) in [5.74, 6) is 0. The molecule has 0 saturated carbocycles. The molecule has 20 heavy (non-hydrogen) atoms. The number of halogens is 1. The molecule has 0 aliphatic carbocycles. The zero-order valence-electron chi connectivity index (χ0n) is 11.4. The van der Waals surface area contributed by atoms with Crippen LogP contribution in [0.3, 0.4) is 0 Å². The molecule has 0 radical (unpaired) electrons. The van der Waals surface area contributed by atoms with Gasteiger partial charge in [-0.25, -0.2) is 0 Å². The van der Waals surface area contributed by atoms with Crippen molar-refractivity contribution in [2.75, 3.05) is 0 Å². The highest BCUT2D eigenvalue weighted by Gasteiger charge is 2.16. The first-order valence-electron chi connectivity index (χ1n) is 6.65. The van der Waals surface area contributed by atoms with Gasteiger partial charge in [0.2, 0.25) is 0 Å². The fraction of sp³-hybridized carbons (Fsp3) is 0.118. The second-order valence-corrected chi connectivity index (χ2v) is 6.36. The van der Waals surface area contributed by atoms with Gasteiger partial charge < -0.3 is 0 Å². The van der Waals surface area contributed by atoms with Gasteiger partial charge in [0.15, 0.2) is 13.2 Å². The van der Waals surface area contributed by atoms with Gasteiger partial charge in [0.05, 0.1) is 0 Å². The molecule has 0 spiro atoms. The maximum atomic E-state index is 2.42. The van der Waals surface area contributed by atoms with E-state index in [0.29, 0.717) is 0 Å². The van der Waals surface area contributed by atoms with Gasteiger partial charge in [-0.15, -0.1) is 9.20 Å². The van der Waals surface area contributed by atoms with Crippen LogP contribution in [-0.4, -0.2) is 4.52 Å². The van der Waals surface area contributed by atoms with Crippen LogP contribution in [0.5, 0.6) is 0 Å².